The van der Waals surface area contributed by atoms with Crippen molar-refractivity contribution < 1.29 is 9.53 Å². The Bertz CT molecular complexity index is 554. The van der Waals surface area contributed by atoms with Gasteiger partial charge in [0.2, 0.25) is 0 Å². The summed E-state index contributed by atoms with van der Waals surface area (Å²) in [5, 5.41) is 2.77. The van der Waals surface area contributed by atoms with E-state index in [9.17, 15) is 4.79 Å². The molecule has 0 aromatic heterocycles. The topological polar surface area (TPSA) is 38.3 Å². The van der Waals surface area contributed by atoms with Crippen LogP contribution in [0.4, 0.5) is 4.79 Å². The molecule has 2 aromatic carbocycles. The van der Waals surface area contributed by atoms with E-state index in [1.165, 1.54) is 11.1 Å². The minimum Gasteiger partial charge on any atom is -0.447 e. The predicted octanol–water partition coefficient (Wildman–Crippen LogP) is 3.56. The molecule has 0 radical (unpaired) electrons. The van der Waals surface area contributed by atoms with Gasteiger partial charge in [-0.15, -0.1) is 12.4 Å². The van der Waals surface area contributed by atoms with E-state index in [2.05, 4.69) is 29.6 Å². The Balaban J connectivity index is 0.00000133. The fraction of sp³-hybridized carbons (Fsp3) is 0.133. The number of alkyl carbamates (subject to hydrolysis) is 1. The summed E-state index contributed by atoms with van der Waals surface area (Å²) < 4.78 is 4.88. The van der Waals surface area contributed by atoms with Crippen LogP contribution >= 0.6 is 12.4 Å². The number of hydrogen-bond donors (Lipinski definition) is 1. The lowest BCUT2D eigenvalue weighted by molar-refractivity contribution is 0.177. The number of benzene rings is 2. The van der Waals surface area contributed by atoms with Gasteiger partial charge >= 0.3 is 6.09 Å². The summed E-state index contributed by atoms with van der Waals surface area (Å²) >= 11 is 0. The van der Waals surface area contributed by atoms with Gasteiger partial charge < -0.3 is 10.1 Å². The number of halogens is 1. The summed E-state index contributed by atoms with van der Waals surface area (Å²) in [6.45, 7) is 0.406. The van der Waals surface area contributed by atoms with Crippen molar-refractivity contribution in [3.63, 3.8) is 0 Å². The van der Waals surface area contributed by atoms with Crippen molar-refractivity contribution in [3.8, 4) is 11.1 Å². The predicted molar refractivity (Wildman–Crippen MR) is 76.4 cm³/mol. The Labute approximate surface area is 118 Å². The van der Waals surface area contributed by atoms with Gasteiger partial charge in [0.1, 0.15) is 6.61 Å². The molecule has 1 aliphatic heterocycles. The molecule has 2 aromatic rings. The highest BCUT2D eigenvalue weighted by Crippen LogP contribution is 2.23. The SMILES string of the molecule is Cl.O=C1N[C@H](c2ccc(-c3ccccc3)cc2)CO1. The maximum atomic E-state index is 11.0. The van der Waals surface area contributed by atoms with Crippen LogP contribution in [0.3, 0.4) is 0 Å². The molecule has 1 aliphatic rings. The molecule has 4 heteroatoms. The highest BCUT2D eigenvalue weighted by Gasteiger charge is 2.23. The lowest BCUT2D eigenvalue weighted by Gasteiger charge is -2.08. The molecule has 19 heavy (non-hydrogen) atoms. The third-order valence-corrected chi connectivity index (χ3v) is 3.09. The Morgan fingerprint density at radius 1 is 0.947 bits per heavy atom. The fourth-order valence-corrected chi connectivity index (χ4v) is 2.10. The molecular formula is C15H14ClNO2. The monoisotopic (exact) mass is 275 g/mol. The summed E-state index contributed by atoms with van der Waals surface area (Å²) in [7, 11) is 0. The first-order chi connectivity index (χ1) is 8.83. The molecule has 1 saturated heterocycles. The van der Waals surface area contributed by atoms with Gasteiger partial charge in [-0.2, -0.15) is 0 Å². The number of carbonyl (C=O) groups excluding carboxylic acids is 1. The summed E-state index contributed by atoms with van der Waals surface area (Å²) in [5.74, 6) is 0. The minimum atomic E-state index is -0.341. The summed E-state index contributed by atoms with van der Waals surface area (Å²) in [6.07, 6.45) is -0.341. The van der Waals surface area contributed by atoms with Gasteiger partial charge in [-0.3, -0.25) is 0 Å². The summed E-state index contributed by atoms with van der Waals surface area (Å²) in [4.78, 5) is 11.0. The van der Waals surface area contributed by atoms with E-state index in [-0.39, 0.29) is 24.5 Å². The lowest BCUT2D eigenvalue weighted by Crippen LogP contribution is -2.18. The number of hydrogen-bond acceptors (Lipinski definition) is 2. The highest BCUT2D eigenvalue weighted by atomic mass is 35.5. The molecule has 0 unspecified atom stereocenters. The molecule has 3 nitrogen and oxygen atoms in total. The average Bonchev–Trinajstić information content (AvgIpc) is 2.87. The van der Waals surface area contributed by atoms with Crippen LogP contribution in [0, 0.1) is 0 Å². The van der Waals surface area contributed by atoms with Crippen molar-refractivity contribution in [3.05, 3.63) is 60.2 Å². The number of carbonyl (C=O) groups is 1. The Morgan fingerprint density at radius 3 is 2.16 bits per heavy atom. The second-order valence-electron chi connectivity index (χ2n) is 4.28. The van der Waals surface area contributed by atoms with Gasteiger partial charge in [0.05, 0.1) is 6.04 Å². The van der Waals surface area contributed by atoms with Crippen molar-refractivity contribution in [2.75, 3.05) is 6.61 Å². The zero-order valence-electron chi connectivity index (χ0n) is 10.2. The van der Waals surface area contributed by atoms with Gasteiger partial charge in [0.25, 0.3) is 0 Å². The van der Waals surface area contributed by atoms with Crippen molar-refractivity contribution in [1.29, 1.82) is 0 Å². The number of ether oxygens (including phenoxy) is 1. The third kappa shape index (κ3) is 2.88. The van der Waals surface area contributed by atoms with Crippen LogP contribution in [0.15, 0.2) is 54.6 Å². The summed E-state index contributed by atoms with van der Waals surface area (Å²) in [6, 6.07) is 18.4. The number of rotatable bonds is 2. The van der Waals surface area contributed by atoms with Crippen molar-refractivity contribution >= 4 is 18.5 Å². The molecule has 0 spiro atoms. The molecule has 1 amide bonds. The Kier molecular flexibility index (Phi) is 4.07. The summed E-state index contributed by atoms with van der Waals surface area (Å²) in [5.41, 5.74) is 3.43. The van der Waals surface area contributed by atoms with Gasteiger partial charge in [0, 0.05) is 0 Å². The van der Waals surface area contributed by atoms with E-state index in [1.54, 1.807) is 0 Å². The zero-order valence-corrected chi connectivity index (χ0v) is 11.0. The van der Waals surface area contributed by atoms with Crippen LogP contribution in [0.5, 0.6) is 0 Å². The smallest absolute Gasteiger partial charge is 0.407 e. The lowest BCUT2D eigenvalue weighted by atomic mass is 10.0. The molecule has 98 valence electrons. The van der Waals surface area contributed by atoms with Gasteiger partial charge in [-0.1, -0.05) is 54.6 Å². The fourth-order valence-electron chi connectivity index (χ4n) is 2.10. The first-order valence-electron chi connectivity index (χ1n) is 5.91. The van der Waals surface area contributed by atoms with Gasteiger partial charge in [-0.25, -0.2) is 4.79 Å². The van der Waals surface area contributed by atoms with E-state index in [0.29, 0.717) is 6.61 Å². The molecule has 1 heterocycles. The van der Waals surface area contributed by atoms with Crippen LogP contribution < -0.4 is 5.32 Å². The molecule has 1 atom stereocenters. The molecule has 0 aliphatic carbocycles. The van der Waals surface area contributed by atoms with E-state index < -0.39 is 0 Å². The van der Waals surface area contributed by atoms with E-state index in [1.807, 2.05) is 30.3 Å². The maximum absolute atomic E-state index is 11.0. The quantitative estimate of drug-likeness (QED) is 0.910. The van der Waals surface area contributed by atoms with Gasteiger partial charge in [0.15, 0.2) is 0 Å². The Hall–Kier alpha value is -2.00. The number of amides is 1. The van der Waals surface area contributed by atoms with Crippen LogP contribution in [0.25, 0.3) is 11.1 Å². The average molecular weight is 276 g/mol. The van der Waals surface area contributed by atoms with Crippen molar-refractivity contribution in [2.45, 2.75) is 6.04 Å². The normalized spacial score (nSPS) is 17.3. The molecular weight excluding hydrogens is 262 g/mol. The van der Waals surface area contributed by atoms with Crippen LogP contribution in [-0.2, 0) is 4.74 Å². The maximum Gasteiger partial charge on any atom is 0.407 e. The molecule has 3 rings (SSSR count). The molecule has 0 bridgehead atoms. The zero-order chi connectivity index (χ0) is 12.4. The van der Waals surface area contributed by atoms with E-state index >= 15 is 0 Å². The molecule has 1 N–H and O–H groups in total. The van der Waals surface area contributed by atoms with Gasteiger partial charge in [-0.05, 0) is 16.7 Å². The first-order valence-corrected chi connectivity index (χ1v) is 5.91. The van der Waals surface area contributed by atoms with Crippen molar-refractivity contribution in [2.24, 2.45) is 0 Å². The second-order valence-corrected chi connectivity index (χ2v) is 4.28. The number of nitrogens with one attached hydrogen (secondary N) is 1. The van der Waals surface area contributed by atoms with Crippen LogP contribution in [0.2, 0.25) is 0 Å². The number of cyclic esters (lactones) is 1. The highest BCUT2D eigenvalue weighted by molar-refractivity contribution is 5.85. The van der Waals surface area contributed by atoms with Crippen molar-refractivity contribution in [1.82, 2.24) is 5.32 Å². The van der Waals surface area contributed by atoms with E-state index in [0.717, 1.165) is 5.56 Å². The first kappa shape index (κ1) is 13.4. The third-order valence-electron chi connectivity index (χ3n) is 3.09. The van der Waals surface area contributed by atoms with Crippen LogP contribution in [0.1, 0.15) is 11.6 Å². The molecule has 1 fully saturated rings. The molecule has 0 saturated carbocycles. The Morgan fingerprint density at radius 2 is 1.58 bits per heavy atom. The van der Waals surface area contributed by atoms with Crippen LogP contribution in [-0.4, -0.2) is 12.7 Å². The standard InChI is InChI=1S/C15H13NO2.ClH/c17-15-16-14(10-18-15)13-8-6-12(7-9-13)11-4-2-1-3-5-11;/h1-9,14H,10H2,(H,16,17);1H/t14-;/m0./s1. The largest absolute Gasteiger partial charge is 0.447 e. The minimum absolute atomic E-state index is 0. The van der Waals surface area contributed by atoms with E-state index in [4.69, 9.17) is 4.74 Å². The second kappa shape index (κ2) is 5.76.